The van der Waals surface area contributed by atoms with Gasteiger partial charge in [-0.15, -0.1) is 11.3 Å². The lowest BCUT2D eigenvalue weighted by Gasteiger charge is -2.08. The summed E-state index contributed by atoms with van der Waals surface area (Å²) in [5, 5.41) is 0. The monoisotopic (exact) mass is 308 g/mol. The summed E-state index contributed by atoms with van der Waals surface area (Å²) in [5.41, 5.74) is 2.19. The number of carbonyl (C=O) groups excluding carboxylic acids is 1. The number of aryl methyl sites for hydroxylation is 1. The maximum atomic E-state index is 12.3. The minimum absolute atomic E-state index is 0.0823. The van der Waals surface area contributed by atoms with Gasteiger partial charge in [-0.05, 0) is 40.0 Å². The van der Waals surface area contributed by atoms with Gasteiger partial charge in [-0.1, -0.05) is 37.3 Å². The van der Waals surface area contributed by atoms with Crippen molar-refractivity contribution in [3.8, 4) is 0 Å². The van der Waals surface area contributed by atoms with E-state index in [1.54, 1.807) is 0 Å². The molecule has 1 unspecified atom stereocenters. The van der Waals surface area contributed by atoms with Crippen LogP contribution in [0.25, 0.3) is 0 Å². The fraction of sp³-hybridized carbons (Fsp3) is 0.214. The van der Waals surface area contributed by atoms with E-state index in [0.29, 0.717) is 0 Å². The van der Waals surface area contributed by atoms with Crippen LogP contribution in [-0.2, 0) is 0 Å². The van der Waals surface area contributed by atoms with Crippen LogP contribution >= 0.6 is 27.3 Å². The Kier molecular flexibility index (Phi) is 3.79. The number of rotatable bonds is 3. The number of thiophene rings is 1. The minimum atomic E-state index is -0.0823. The molecule has 0 saturated carbocycles. The van der Waals surface area contributed by atoms with Crippen molar-refractivity contribution in [1.82, 2.24) is 0 Å². The Bertz CT molecular complexity index is 511. The molecular weight excluding hydrogens is 296 g/mol. The Labute approximate surface area is 114 Å². The normalized spacial score (nSPS) is 12.4. The van der Waals surface area contributed by atoms with E-state index in [1.807, 2.05) is 50.2 Å². The van der Waals surface area contributed by atoms with E-state index >= 15 is 0 Å². The summed E-state index contributed by atoms with van der Waals surface area (Å²) in [6.45, 7) is 3.96. The molecule has 0 saturated heterocycles. The molecule has 0 aliphatic carbocycles. The molecule has 0 spiro atoms. The number of ketones is 1. The first kappa shape index (κ1) is 12.5. The number of hydrogen-bond donors (Lipinski definition) is 0. The highest BCUT2D eigenvalue weighted by atomic mass is 79.9. The van der Waals surface area contributed by atoms with Crippen LogP contribution in [-0.4, -0.2) is 5.78 Å². The summed E-state index contributed by atoms with van der Waals surface area (Å²) < 4.78 is 1.04. The third-order valence-corrected chi connectivity index (χ3v) is 4.94. The van der Waals surface area contributed by atoms with Crippen molar-refractivity contribution in [3.63, 3.8) is 0 Å². The topological polar surface area (TPSA) is 17.1 Å². The van der Waals surface area contributed by atoms with Crippen molar-refractivity contribution in [2.75, 3.05) is 0 Å². The molecule has 17 heavy (non-hydrogen) atoms. The average molecular weight is 309 g/mol. The molecule has 2 aromatic rings. The van der Waals surface area contributed by atoms with Gasteiger partial charge in [-0.2, -0.15) is 0 Å². The Morgan fingerprint density at radius 1 is 1.29 bits per heavy atom. The number of benzene rings is 1. The third-order valence-electron chi connectivity index (χ3n) is 2.79. The van der Waals surface area contributed by atoms with Crippen LogP contribution in [0.5, 0.6) is 0 Å². The number of carbonyl (C=O) groups is 1. The lowest BCUT2D eigenvalue weighted by Crippen LogP contribution is -2.07. The summed E-state index contributed by atoms with van der Waals surface area (Å²) in [4.78, 5) is 13.1. The molecule has 1 atom stereocenters. The second-order valence-electron chi connectivity index (χ2n) is 4.06. The molecular formula is C14H13BrOS. The maximum Gasteiger partial charge on any atom is 0.179 e. The van der Waals surface area contributed by atoms with Crippen LogP contribution in [0.4, 0.5) is 0 Å². The Balaban J connectivity index is 2.26. The summed E-state index contributed by atoms with van der Waals surface area (Å²) in [6, 6.07) is 11.8. The molecule has 0 radical (unpaired) electrons. The molecule has 1 heterocycles. The first-order valence-corrected chi connectivity index (χ1v) is 7.05. The standard InChI is InChI=1S/C14H13BrOS/c1-9-8-12(17-14(9)15)13(16)10(2)11-6-4-3-5-7-11/h3-8,10H,1-2H3. The van der Waals surface area contributed by atoms with E-state index in [-0.39, 0.29) is 11.7 Å². The van der Waals surface area contributed by atoms with Crippen molar-refractivity contribution < 1.29 is 4.79 Å². The van der Waals surface area contributed by atoms with Gasteiger partial charge < -0.3 is 0 Å². The smallest absolute Gasteiger partial charge is 0.179 e. The Morgan fingerprint density at radius 3 is 2.47 bits per heavy atom. The first-order valence-electron chi connectivity index (χ1n) is 5.44. The van der Waals surface area contributed by atoms with Gasteiger partial charge in [-0.3, -0.25) is 4.79 Å². The van der Waals surface area contributed by atoms with Gasteiger partial charge in [0.15, 0.2) is 5.78 Å². The Morgan fingerprint density at radius 2 is 1.94 bits per heavy atom. The molecule has 2 rings (SSSR count). The zero-order chi connectivity index (χ0) is 12.4. The summed E-state index contributed by atoms with van der Waals surface area (Å²) in [5.74, 6) is 0.108. The highest BCUT2D eigenvalue weighted by Crippen LogP contribution is 2.31. The molecule has 0 N–H and O–H groups in total. The lowest BCUT2D eigenvalue weighted by atomic mass is 9.96. The molecule has 0 aliphatic heterocycles. The fourth-order valence-electron chi connectivity index (χ4n) is 1.69. The molecule has 0 aliphatic rings. The van der Waals surface area contributed by atoms with Gasteiger partial charge in [0.1, 0.15) is 0 Å². The van der Waals surface area contributed by atoms with E-state index in [4.69, 9.17) is 0 Å². The molecule has 1 aromatic carbocycles. The number of Topliss-reactive ketones (excluding diaryl/α,β-unsaturated/α-hetero) is 1. The summed E-state index contributed by atoms with van der Waals surface area (Å²) in [6.07, 6.45) is 0. The summed E-state index contributed by atoms with van der Waals surface area (Å²) in [7, 11) is 0. The second kappa shape index (κ2) is 5.15. The van der Waals surface area contributed by atoms with Gasteiger partial charge in [0.2, 0.25) is 0 Å². The highest BCUT2D eigenvalue weighted by Gasteiger charge is 2.19. The number of hydrogen-bond acceptors (Lipinski definition) is 2. The van der Waals surface area contributed by atoms with Crippen LogP contribution < -0.4 is 0 Å². The number of halogens is 1. The van der Waals surface area contributed by atoms with E-state index in [0.717, 1.165) is 19.8 Å². The molecule has 88 valence electrons. The maximum absolute atomic E-state index is 12.3. The Hall–Kier alpha value is -0.930. The minimum Gasteiger partial charge on any atom is -0.293 e. The van der Waals surface area contributed by atoms with E-state index in [1.165, 1.54) is 11.3 Å². The fourth-order valence-corrected chi connectivity index (χ4v) is 3.25. The van der Waals surface area contributed by atoms with Gasteiger partial charge >= 0.3 is 0 Å². The van der Waals surface area contributed by atoms with Crippen LogP contribution in [0.1, 0.15) is 33.6 Å². The van der Waals surface area contributed by atoms with Gasteiger partial charge in [-0.25, -0.2) is 0 Å². The predicted molar refractivity (Wildman–Crippen MR) is 75.9 cm³/mol. The van der Waals surface area contributed by atoms with E-state index < -0.39 is 0 Å². The second-order valence-corrected chi connectivity index (χ2v) is 6.43. The summed E-state index contributed by atoms with van der Waals surface area (Å²) >= 11 is 4.97. The van der Waals surface area contributed by atoms with Crippen LogP contribution in [0.15, 0.2) is 40.2 Å². The molecule has 0 fully saturated rings. The van der Waals surface area contributed by atoms with E-state index in [2.05, 4.69) is 15.9 Å². The zero-order valence-corrected chi connectivity index (χ0v) is 12.1. The lowest BCUT2D eigenvalue weighted by molar-refractivity contribution is 0.0970. The third kappa shape index (κ3) is 2.67. The first-order chi connectivity index (χ1) is 8.09. The van der Waals surface area contributed by atoms with Gasteiger partial charge in [0.25, 0.3) is 0 Å². The van der Waals surface area contributed by atoms with Crippen LogP contribution in [0, 0.1) is 6.92 Å². The van der Waals surface area contributed by atoms with Crippen molar-refractivity contribution in [3.05, 3.63) is 56.2 Å². The van der Waals surface area contributed by atoms with Gasteiger partial charge in [0.05, 0.1) is 8.66 Å². The predicted octanol–water partition coefficient (Wildman–Crippen LogP) is 4.81. The van der Waals surface area contributed by atoms with Crippen molar-refractivity contribution in [1.29, 1.82) is 0 Å². The van der Waals surface area contributed by atoms with E-state index in [9.17, 15) is 4.79 Å². The highest BCUT2D eigenvalue weighted by molar-refractivity contribution is 9.11. The largest absolute Gasteiger partial charge is 0.293 e. The van der Waals surface area contributed by atoms with Crippen molar-refractivity contribution >= 4 is 33.0 Å². The molecule has 1 nitrogen and oxygen atoms in total. The molecule has 0 amide bonds. The average Bonchev–Trinajstić information content (AvgIpc) is 2.69. The molecule has 3 heteroatoms. The molecule has 0 bridgehead atoms. The molecule has 1 aromatic heterocycles. The SMILES string of the molecule is Cc1cc(C(=O)C(C)c2ccccc2)sc1Br. The quantitative estimate of drug-likeness (QED) is 0.744. The van der Waals surface area contributed by atoms with Crippen molar-refractivity contribution in [2.45, 2.75) is 19.8 Å². The van der Waals surface area contributed by atoms with Crippen molar-refractivity contribution in [2.24, 2.45) is 0 Å². The van der Waals surface area contributed by atoms with Crippen LogP contribution in [0.2, 0.25) is 0 Å². The van der Waals surface area contributed by atoms with Gasteiger partial charge in [0, 0.05) is 5.92 Å². The van der Waals surface area contributed by atoms with Crippen LogP contribution in [0.3, 0.4) is 0 Å². The zero-order valence-electron chi connectivity index (χ0n) is 9.74.